The number of carbonyl (C=O) groups excluding carboxylic acids is 3. The van der Waals surface area contributed by atoms with Gasteiger partial charge in [-0.15, -0.1) is 0 Å². The number of nitrogens with one attached hydrogen (secondary N) is 2. The van der Waals surface area contributed by atoms with E-state index < -0.39 is 0 Å². The summed E-state index contributed by atoms with van der Waals surface area (Å²) in [7, 11) is 0. The first-order valence-corrected chi connectivity index (χ1v) is 7.36. The Kier molecular flexibility index (Phi) is 4.87. The maximum atomic E-state index is 12.1. The van der Waals surface area contributed by atoms with Crippen molar-refractivity contribution in [3.63, 3.8) is 0 Å². The molecular weight excluding hydrogens is 302 g/mol. The maximum absolute atomic E-state index is 12.1. The SMILES string of the molecule is CC(C)NC(=S)NC(=O)CCN1C(=O)c2ccccc2C1=O. The second kappa shape index (κ2) is 6.65. The van der Waals surface area contributed by atoms with Gasteiger partial charge in [0.25, 0.3) is 11.8 Å². The topological polar surface area (TPSA) is 78.5 Å². The molecule has 0 aliphatic carbocycles. The molecule has 0 spiro atoms. The Morgan fingerprint density at radius 2 is 1.73 bits per heavy atom. The number of benzene rings is 1. The first kappa shape index (κ1) is 16.1. The van der Waals surface area contributed by atoms with Crippen LogP contribution in [-0.4, -0.2) is 40.3 Å². The standard InChI is InChI=1S/C15H17N3O3S/c1-9(2)16-15(22)17-12(19)7-8-18-13(20)10-5-3-4-6-11(10)14(18)21/h3-6,9H,7-8H2,1-2H3,(H2,16,17,19,22). The molecule has 0 radical (unpaired) electrons. The second-order valence-corrected chi connectivity index (χ2v) is 5.64. The molecule has 0 bridgehead atoms. The van der Waals surface area contributed by atoms with E-state index in [1.807, 2.05) is 13.8 Å². The molecule has 1 aromatic rings. The molecule has 3 amide bonds. The monoisotopic (exact) mass is 319 g/mol. The quantitative estimate of drug-likeness (QED) is 0.641. The minimum atomic E-state index is -0.365. The van der Waals surface area contributed by atoms with Crippen LogP contribution in [0.25, 0.3) is 0 Å². The number of fused-ring (bicyclic) bond motifs is 1. The molecule has 1 aliphatic heterocycles. The third kappa shape index (κ3) is 3.48. The van der Waals surface area contributed by atoms with Crippen LogP contribution in [0.4, 0.5) is 0 Å². The lowest BCUT2D eigenvalue weighted by atomic mass is 10.1. The summed E-state index contributed by atoms with van der Waals surface area (Å²) in [5.74, 6) is -1.07. The molecule has 7 heteroatoms. The maximum Gasteiger partial charge on any atom is 0.261 e. The average Bonchev–Trinajstić information content (AvgIpc) is 2.68. The zero-order chi connectivity index (χ0) is 16.3. The molecular formula is C15H17N3O3S. The van der Waals surface area contributed by atoms with Crippen LogP contribution in [-0.2, 0) is 4.79 Å². The summed E-state index contributed by atoms with van der Waals surface area (Å²) in [6.45, 7) is 3.83. The van der Waals surface area contributed by atoms with Crippen molar-refractivity contribution in [3.05, 3.63) is 35.4 Å². The van der Waals surface area contributed by atoms with Gasteiger partial charge in [0.05, 0.1) is 11.1 Å². The van der Waals surface area contributed by atoms with E-state index in [0.29, 0.717) is 11.1 Å². The lowest BCUT2D eigenvalue weighted by Crippen LogP contribution is -2.43. The summed E-state index contributed by atoms with van der Waals surface area (Å²) >= 11 is 4.97. The Morgan fingerprint density at radius 1 is 1.18 bits per heavy atom. The summed E-state index contributed by atoms with van der Waals surface area (Å²) in [6, 6.07) is 6.74. The molecule has 0 fully saturated rings. The Morgan fingerprint density at radius 3 is 2.23 bits per heavy atom. The molecule has 1 aliphatic rings. The van der Waals surface area contributed by atoms with Crippen molar-refractivity contribution in [3.8, 4) is 0 Å². The molecule has 0 saturated carbocycles. The second-order valence-electron chi connectivity index (χ2n) is 5.23. The molecule has 0 atom stereocenters. The van der Waals surface area contributed by atoms with E-state index in [1.165, 1.54) is 0 Å². The van der Waals surface area contributed by atoms with Crippen LogP contribution in [0.15, 0.2) is 24.3 Å². The fraction of sp³-hybridized carbons (Fsp3) is 0.333. The number of carbonyl (C=O) groups is 3. The van der Waals surface area contributed by atoms with Gasteiger partial charge in [0.2, 0.25) is 5.91 Å². The highest BCUT2D eigenvalue weighted by atomic mass is 32.1. The summed E-state index contributed by atoms with van der Waals surface area (Å²) in [5.41, 5.74) is 0.759. The molecule has 0 saturated heterocycles. The normalized spacial score (nSPS) is 13.3. The fourth-order valence-corrected chi connectivity index (χ4v) is 2.49. The van der Waals surface area contributed by atoms with Crippen molar-refractivity contribution in [1.29, 1.82) is 0 Å². The number of hydrogen-bond acceptors (Lipinski definition) is 4. The van der Waals surface area contributed by atoms with E-state index in [-0.39, 0.29) is 41.8 Å². The number of nitrogens with zero attached hydrogens (tertiary/aromatic N) is 1. The highest BCUT2D eigenvalue weighted by Crippen LogP contribution is 2.22. The smallest absolute Gasteiger partial charge is 0.261 e. The summed E-state index contributed by atoms with van der Waals surface area (Å²) in [4.78, 5) is 37.1. The zero-order valence-corrected chi connectivity index (χ0v) is 13.2. The van der Waals surface area contributed by atoms with Gasteiger partial charge in [-0.1, -0.05) is 12.1 Å². The van der Waals surface area contributed by atoms with Crippen molar-refractivity contribution in [2.24, 2.45) is 0 Å². The van der Waals surface area contributed by atoms with Gasteiger partial charge in [-0.25, -0.2) is 0 Å². The van der Waals surface area contributed by atoms with Gasteiger partial charge in [-0.05, 0) is 38.2 Å². The van der Waals surface area contributed by atoms with E-state index in [4.69, 9.17) is 12.2 Å². The van der Waals surface area contributed by atoms with Crippen molar-refractivity contribution >= 4 is 35.1 Å². The zero-order valence-electron chi connectivity index (χ0n) is 12.4. The van der Waals surface area contributed by atoms with Crippen molar-refractivity contribution in [2.75, 3.05) is 6.54 Å². The minimum Gasteiger partial charge on any atom is -0.360 e. The van der Waals surface area contributed by atoms with Gasteiger partial charge in [-0.3, -0.25) is 19.3 Å². The van der Waals surface area contributed by atoms with Crippen molar-refractivity contribution in [1.82, 2.24) is 15.5 Å². The minimum absolute atomic E-state index is 0.00534. The van der Waals surface area contributed by atoms with Gasteiger partial charge in [-0.2, -0.15) is 0 Å². The first-order chi connectivity index (χ1) is 10.4. The fourth-order valence-electron chi connectivity index (χ4n) is 2.14. The number of rotatable bonds is 4. The average molecular weight is 319 g/mol. The predicted molar refractivity (Wildman–Crippen MR) is 85.4 cm³/mol. The molecule has 0 unspecified atom stereocenters. The van der Waals surface area contributed by atoms with Crippen LogP contribution >= 0.6 is 12.2 Å². The van der Waals surface area contributed by atoms with Crippen LogP contribution in [0, 0.1) is 0 Å². The molecule has 22 heavy (non-hydrogen) atoms. The molecule has 2 rings (SSSR count). The Labute approximate surface area is 133 Å². The van der Waals surface area contributed by atoms with Crippen LogP contribution in [0.1, 0.15) is 41.0 Å². The lowest BCUT2D eigenvalue weighted by molar-refractivity contribution is -0.119. The summed E-state index contributed by atoms with van der Waals surface area (Å²) < 4.78 is 0. The largest absolute Gasteiger partial charge is 0.360 e. The predicted octanol–water partition coefficient (Wildman–Crippen LogP) is 1.07. The van der Waals surface area contributed by atoms with E-state index in [1.54, 1.807) is 24.3 Å². The van der Waals surface area contributed by atoms with Crippen LogP contribution in [0.2, 0.25) is 0 Å². The molecule has 0 aromatic heterocycles. The third-order valence-corrected chi connectivity index (χ3v) is 3.33. The van der Waals surface area contributed by atoms with Gasteiger partial charge in [0.15, 0.2) is 5.11 Å². The van der Waals surface area contributed by atoms with Crippen LogP contribution in [0.5, 0.6) is 0 Å². The first-order valence-electron chi connectivity index (χ1n) is 6.95. The molecule has 1 heterocycles. The number of imide groups is 1. The van der Waals surface area contributed by atoms with E-state index in [0.717, 1.165) is 4.90 Å². The summed E-state index contributed by atoms with van der Waals surface area (Å²) in [6.07, 6.45) is 0.00534. The van der Waals surface area contributed by atoms with E-state index in [9.17, 15) is 14.4 Å². The van der Waals surface area contributed by atoms with Gasteiger partial charge >= 0.3 is 0 Å². The van der Waals surface area contributed by atoms with Crippen LogP contribution in [0.3, 0.4) is 0 Å². The molecule has 1 aromatic carbocycles. The molecule has 6 nitrogen and oxygen atoms in total. The Balaban J connectivity index is 1.91. The highest BCUT2D eigenvalue weighted by Gasteiger charge is 2.34. The van der Waals surface area contributed by atoms with Crippen molar-refractivity contribution < 1.29 is 14.4 Å². The van der Waals surface area contributed by atoms with E-state index >= 15 is 0 Å². The van der Waals surface area contributed by atoms with Crippen LogP contribution < -0.4 is 10.6 Å². The highest BCUT2D eigenvalue weighted by molar-refractivity contribution is 7.80. The van der Waals surface area contributed by atoms with Gasteiger partial charge in [0, 0.05) is 19.0 Å². The Hall–Kier alpha value is -2.28. The number of hydrogen-bond donors (Lipinski definition) is 2. The number of amides is 3. The lowest BCUT2D eigenvalue weighted by Gasteiger charge is -2.15. The van der Waals surface area contributed by atoms with Gasteiger partial charge in [0.1, 0.15) is 0 Å². The molecule has 116 valence electrons. The van der Waals surface area contributed by atoms with Crippen molar-refractivity contribution in [2.45, 2.75) is 26.3 Å². The summed E-state index contributed by atoms with van der Waals surface area (Å²) in [5, 5.41) is 5.64. The van der Waals surface area contributed by atoms with Gasteiger partial charge < -0.3 is 10.6 Å². The Bertz CT molecular complexity index is 608. The number of thiocarbonyl (C=S) groups is 1. The van der Waals surface area contributed by atoms with E-state index in [2.05, 4.69) is 10.6 Å². The third-order valence-electron chi connectivity index (χ3n) is 3.11. The molecule has 2 N–H and O–H groups in total.